The molecule has 0 atom stereocenters. The quantitative estimate of drug-likeness (QED) is 0.274. The molecular formula is C26H31N4O3+. The number of nitriles is 1. The minimum atomic E-state index is -0.324. The van der Waals surface area contributed by atoms with E-state index in [4.69, 9.17) is 15.2 Å². The molecule has 172 valence electrons. The highest BCUT2D eigenvalue weighted by Gasteiger charge is 2.20. The van der Waals surface area contributed by atoms with Gasteiger partial charge >= 0.3 is 5.97 Å². The highest BCUT2D eigenvalue weighted by atomic mass is 16.5. The van der Waals surface area contributed by atoms with E-state index < -0.39 is 0 Å². The van der Waals surface area contributed by atoms with Crippen molar-refractivity contribution in [2.45, 2.75) is 33.7 Å². The van der Waals surface area contributed by atoms with Crippen LogP contribution in [0.25, 0.3) is 11.1 Å². The van der Waals surface area contributed by atoms with Crippen LogP contribution >= 0.6 is 0 Å². The minimum Gasteiger partial charge on any atom is -0.461 e. The van der Waals surface area contributed by atoms with Crippen LogP contribution in [-0.4, -0.2) is 32.2 Å². The molecule has 33 heavy (non-hydrogen) atoms. The molecule has 0 fully saturated rings. The molecule has 0 saturated carbocycles. The van der Waals surface area contributed by atoms with Crippen LogP contribution < -0.4 is 19.9 Å². The molecule has 7 heteroatoms. The molecule has 3 rings (SSSR count). The van der Waals surface area contributed by atoms with Crippen molar-refractivity contribution in [2.75, 3.05) is 31.1 Å². The molecule has 2 aromatic rings. The molecule has 2 N–H and O–H groups in total. The van der Waals surface area contributed by atoms with Gasteiger partial charge in [0.2, 0.25) is 6.54 Å². The van der Waals surface area contributed by atoms with E-state index in [0.29, 0.717) is 36.5 Å². The summed E-state index contributed by atoms with van der Waals surface area (Å²) < 4.78 is 13.0. The number of rotatable bonds is 9. The first-order valence-corrected chi connectivity index (χ1v) is 11.3. The average Bonchev–Trinajstić information content (AvgIpc) is 2.81. The standard InChI is InChI=1S/C26H31N4O3/c1-4-30(5-2)21-7-8-22-19(3)15-24(33-25(22)16-21)23(17-28)20-9-12-29(13-10-20)18-26(31)32-14-6-11-27/h7-10,12-13,15-16H,4-6,11,14,18,27H2,1-3H3/q+1. The lowest BCUT2D eigenvalue weighted by Crippen LogP contribution is -2.38. The van der Waals surface area contributed by atoms with E-state index in [-0.39, 0.29) is 12.5 Å². The minimum absolute atomic E-state index is 0.0975. The van der Waals surface area contributed by atoms with Crippen molar-refractivity contribution in [3.05, 3.63) is 65.7 Å². The predicted octanol–water partition coefficient (Wildman–Crippen LogP) is 3.44. The van der Waals surface area contributed by atoms with Crippen molar-refractivity contribution in [3.63, 3.8) is 0 Å². The number of esters is 1. The van der Waals surface area contributed by atoms with Gasteiger partial charge in [-0.05, 0) is 57.5 Å². The number of hydrogen-bond donors (Lipinski definition) is 1. The van der Waals surface area contributed by atoms with Crippen LogP contribution in [0, 0.1) is 11.3 Å². The lowest BCUT2D eigenvalue weighted by atomic mass is 9.99. The Morgan fingerprint density at radius 2 is 1.94 bits per heavy atom. The number of allylic oxidation sites excluding steroid dienone is 3. The van der Waals surface area contributed by atoms with Crippen molar-refractivity contribution in [1.29, 1.82) is 5.26 Å². The monoisotopic (exact) mass is 447 g/mol. The van der Waals surface area contributed by atoms with Crippen molar-refractivity contribution >= 4 is 22.8 Å². The number of pyridine rings is 1. The SMILES string of the molecule is CCN(CC)c1ccc2c(c1)O/C(=C(/C#N)c1cc[n+](CC(=O)OCCCN)cc1)C=C2C. The molecule has 0 saturated heterocycles. The summed E-state index contributed by atoms with van der Waals surface area (Å²) in [5.74, 6) is 0.932. The number of hydrogen-bond acceptors (Lipinski definition) is 6. The van der Waals surface area contributed by atoms with Crippen LogP contribution in [-0.2, 0) is 16.1 Å². The third kappa shape index (κ3) is 5.79. The first kappa shape index (κ1) is 24.0. The number of benzene rings is 1. The molecule has 0 aliphatic carbocycles. The normalized spacial score (nSPS) is 13.8. The lowest BCUT2D eigenvalue weighted by molar-refractivity contribution is -0.686. The van der Waals surface area contributed by atoms with E-state index in [9.17, 15) is 10.1 Å². The molecule has 0 unspecified atom stereocenters. The third-order valence-electron chi connectivity index (χ3n) is 5.55. The summed E-state index contributed by atoms with van der Waals surface area (Å²) >= 11 is 0. The van der Waals surface area contributed by atoms with Crippen LogP contribution in [0.4, 0.5) is 5.69 Å². The number of anilines is 1. The van der Waals surface area contributed by atoms with E-state index in [0.717, 1.165) is 35.7 Å². The summed E-state index contributed by atoms with van der Waals surface area (Å²) in [6, 6.07) is 12.1. The summed E-state index contributed by atoms with van der Waals surface area (Å²) in [5.41, 5.74) is 9.71. The summed E-state index contributed by atoms with van der Waals surface area (Å²) in [5, 5.41) is 9.90. The predicted molar refractivity (Wildman–Crippen MR) is 128 cm³/mol. The number of nitrogens with zero attached hydrogens (tertiary/aromatic N) is 3. The van der Waals surface area contributed by atoms with Gasteiger partial charge in [-0.15, -0.1) is 0 Å². The second kappa shape index (κ2) is 11.3. The van der Waals surface area contributed by atoms with Gasteiger partial charge in [0, 0.05) is 48.1 Å². The van der Waals surface area contributed by atoms with Gasteiger partial charge in [0.15, 0.2) is 12.4 Å². The fraction of sp³-hybridized carbons (Fsp3) is 0.346. The molecule has 1 aromatic heterocycles. The van der Waals surface area contributed by atoms with Crippen molar-refractivity contribution in [2.24, 2.45) is 5.73 Å². The molecular weight excluding hydrogens is 416 g/mol. The molecule has 0 bridgehead atoms. The molecule has 1 aromatic carbocycles. The van der Waals surface area contributed by atoms with Gasteiger partial charge in [-0.1, -0.05) is 0 Å². The zero-order valence-corrected chi connectivity index (χ0v) is 19.5. The largest absolute Gasteiger partial charge is 0.461 e. The number of aromatic nitrogens is 1. The Hall–Kier alpha value is -3.63. The maximum Gasteiger partial charge on any atom is 0.372 e. The van der Waals surface area contributed by atoms with Gasteiger partial charge in [0.05, 0.1) is 6.61 Å². The van der Waals surface area contributed by atoms with Gasteiger partial charge in [-0.2, -0.15) is 9.83 Å². The number of ether oxygens (including phenoxy) is 2. The fourth-order valence-corrected chi connectivity index (χ4v) is 3.71. The van der Waals surface area contributed by atoms with Gasteiger partial charge in [-0.25, -0.2) is 4.79 Å². The topological polar surface area (TPSA) is 92.5 Å². The molecule has 0 spiro atoms. The maximum absolute atomic E-state index is 11.9. The molecule has 0 radical (unpaired) electrons. The Kier molecular flexibility index (Phi) is 8.22. The van der Waals surface area contributed by atoms with Gasteiger partial charge in [-0.3, -0.25) is 0 Å². The van der Waals surface area contributed by atoms with Crippen LogP contribution in [0.3, 0.4) is 0 Å². The van der Waals surface area contributed by atoms with Crippen LogP contribution in [0.15, 0.2) is 54.6 Å². The van der Waals surface area contributed by atoms with E-state index in [1.54, 1.807) is 29.1 Å². The summed E-state index contributed by atoms with van der Waals surface area (Å²) in [4.78, 5) is 14.2. The number of carbonyl (C=O) groups excluding carboxylic acids is 1. The smallest absolute Gasteiger partial charge is 0.372 e. The number of fused-ring (bicyclic) bond motifs is 1. The molecule has 1 aliphatic heterocycles. The molecule has 0 amide bonds. The van der Waals surface area contributed by atoms with Crippen molar-refractivity contribution in [3.8, 4) is 11.8 Å². The van der Waals surface area contributed by atoms with E-state index in [1.807, 2.05) is 19.1 Å². The zero-order valence-electron chi connectivity index (χ0n) is 19.5. The fourth-order valence-electron chi connectivity index (χ4n) is 3.71. The van der Waals surface area contributed by atoms with Crippen molar-refractivity contribution in [1.82, 2.24) is 0 Å². The Morgan fingerprint density at radius 1 is 1.21 bits per heavy atom. The second-order valence-electron chi connectivity index (χ2n) is 7.76. The summed E-state index contributed by atoms with van der Waals surface area (Å²) in [7, 11) is 0. The number of nitrogens with two attached hydrogens (primary N) is 1. The first-order valence-electron chi connectivity index (χ1n) is 11.3. The van der Waals surface area contributed by atoms with E-state index in [2.05, 4.69) is 36.9 Å². The average molecular weight is 448 g/mol. The third-order valence-corrected chi connectivity index (χ3v) is 5.55. The molecule has 1 aliphatic rings. The van der Waals surface area contributed by atoms with Crippen LogP contribution in [0.1, 0.15) is 38.3 Å². The zero-order chi connectivity index (χ0) is 23.8. The lowest BCUT2D eigenvalue weighted by Gasteiger charge is -2.25. The molecule has 7 nitrogen and oxygen atoms in total. The highest BCUT2D eigenvalue weighted by molar-refractivity contribution is 5.85. The first-order chi connectivity index (χ1) is 16.0. The highest BCUT2D eigenvalue weighted by Crippen LogP contribution is 2.38. The number of carbonyl (C=O) groups is 1. The Morgan fingerprint density at radius 3 is 2.58 bits per heavy atom. The van der Waals surface area contributed by atoms with Crippen molar-refractivity contribution < 1.29 is 18.8 Å². The summed E-state index contributed by atoms with van der Waals surface area (Å²) in [6.07, 6.45) is 6.04. The Balaban J connectivity index is 1.84. The van der Waals surface area contributed by atoms with E-state index >= 15 is 0 Å². The van der Waals surface area contributed by atoms with Gasteiger partial charge < -0.3 is 20.1 Å². The molecule has 2 heterocycles. The van der Waals surface area contributed by atoms with Gasteiger partial charge in [0.25, 0.3) is 0 Å². The van der Waals surface area contributed by atoms with Crippen LogP contribution in [0.2, 0.25) is 0 Å². The van der Waals surface area contributed by atoms with Gasteiger partial charge in [0.1, 0.15) is 23.2 Å². The van der Waals surface area contributed by atoms with Crippen LogP contribution in [0.5, 0.6) is 5.75 Å². The summed E-state index contributed by atoms with van der Waals surface area (Å²) in [6.45, 7) is 8.97. The Labute approximate surface area is 195 Å². The van der Waals surface area contributed by atoms with E-state index in [1.165, 1.54) is 0 Å². The Bertz CT molecular complexity index is 1090. The maximum atomic E-state index is 11.9. The second-order valence-corrected chi connectivity index (χ2v) is 7.76.